The lowest BCUT2D eigenvalue weighted by atomic mass is 9.98. The maximum Gasteiger partial charge on any atom is 0.103 e. The van der Waals surface area contributed by atoms with E-state index in [-0.39, 0.29) is 6.10 Å². The van der Waals surface area contributed by atoms with Crippen LogP contribution in [0.25, 0.3) is 0 Å². The van der Waals surface area contributed by atoms with Crippen molar-refractivity contribution >= 4 is 0 Å². The smallest absolute Gasteiger partial charge is 0.103 e. The van der Waals surface area contributed by atoms with E-state index in [4.69, 9.17) is 15.7 Å². The Bertz CT molecular complexity index is 203. The van der Waals surface area contributed by atoms with Crippen LogP contribution in [0.4, 0.5) is 0 Å². The largest absolute Gasteiger partial charge is 0.378 e. The highest BCUT2D eigenvalue weighted by Gasteiger charge is 2.25. The first-order chi connectivity index (χ1) is 6.03. The summed E-state index contributed by atoms with van der Waals surface area (Å²) in [7, 11) is 0. The van der Waals surface area contributed by atoms with Gasteiger partial charge in [0.25, 0.3) is 0 Å². The molecule has 3 nitrogen and oxygen atoms in total. The molecule has 2 atom stereocenters. The first kappa shape index (κ1) is 10.5. The normalized spacial score (nSPS) is 23.2. The molecule has 0 aromatic carbocycles. The van der Waals surface area contributed by atoms with Crippen molar-refractivity contribution in [3.63, 3.8) is 0 Å². The maximum atomic E-state index is 8.70. The molecule has 2 unspecified atom stereocenters. The molecule has 1 aliphatic carbocycles. The third kappa shape index (κ3) is 4.25. The van der Waals surface area contributed by atoms with E-state index >= 15 is 0 Å². The molecular formula is C10H18N2O. The Morgan fingerprint density at radius 1 is 1.69 bits per heavy atom. The monoisotopic (exact) mass is 182 g/mol. The van der Waals surface area contributed by atoms with Crippen molar-refractivity contribution < 1.29 is 4.74 Å². The van der Waals surface area contributed by atoms with Crippen LogP contribution >= 0.6 is 0 Å². The topological polar surface area (TPSA) is 59.0 Å². The molecule has 0 heterocycles. The molecule has 0 spiro atoms. The lowest BCUT2D eigenvalue weighted by Crippen LogP contribution is -2.38. The molecule has 0 aliphatic heterocycles. The SMILES string of the molecule is CC(CC(C)(N)C#N)OCC1CC1. The molecule has 0 radical (unpaired) electrons. The molecular weight excluding hydrogens is 164 g/mol. The minimum atomic E-state index is -0.747. The Balaban J connectivity index is 2.15. The number of hydrogen-bond acceptors (Lipinski definition) is 3. The molecule has 1 rings (SSSR count). The molecule has 74 valence electrons. The van der Waals surface area contributed by atoms with Crippen molar-refractivity contribution in [3.05, 3.63) is 0 Å². The quantitative estimate of drug-likeness (QED) is 0.699. The van der Waals surface area contributed by atoms with Gasteiger partial charge < -0.3 is 10.5 Å². The van der Waals surface area contributed by atoms with Crippen molar-refractivity contribution in [2.45, 2.75) is 44.8 Å². The Morgan fingerprint density at radius 3 is 2.77 bits per heavy atom. The first-order valence-corrected chi connectivity index (χ1v) is 4.85. The predicted octanol–water partition coefficient (Wildman–Crippen LogP) is 1.43. The van der Waals surface area contributed by atoms with Crippen molar-refractivity contribution in [3.8, 4) is 6.07 Å². The van der Waals surface area contributed by atoms with Crippen molar-refractivity contribution in [1.82, 2.24) is 0 Å². The van der Waals surface area contributed by atoms with Crippen LogP contribution in [0.5, 0.6) is 0 Å². The molecule has 1 aliphatic rings. The fourth-order valence-corrected chi connectivity index (χ4v) is 1.29. The molecule has 1 fully saturated rings. The van der Waals surface area contributed by atoms with Crippen LogP contribution in [-0.2, 0) is 4.74 Å². The highest BCUT2D eigenvalue weighted by atomic mass is 16.5. The molecule has 13 heavy (non-hydrogen) atoms. The zero-order valence-electron chi connectivity index (χ0n) is 8.42. The average Bonchev–Trinajstić information content (AvgIpc) is 2.83. The summed E-state index contributed by atoms with van der Waals surface area (Å²) in [6, 6.07) is 2.07. The number of nitrogens with two attached hydrogens (primary N) is 1. The second-order valence-corrected chi connectivity index (χ2v) is 4.32. The molecule has 3 heteroatoms. The molecule has 0 aromatic heterocycles. The van der Waals surface area contributed by atoms with E-state index in [0.717, 1.165) is 12.5 Å². The number of hydrogen-bond donors (Lipinski definition) is 1. The van der Waals surface area contributed by atoms with Crippen molar-refractivity contribution in [2.24, 2.45) is 11.7 Å². The van der Waals surface area contributed by atoms with Crippen LogP contribution in [0.15, 0.2) is 0 Å². The van der Waals surface area contributed by atoms with E-state index in [0.29, 0.717) is 6.42 Å². The van der Waals surface area contributed by atoms with E-state index in [1.807, 2.05) is 6.92 Å². The van der Waals surface area contributed by atoms with Crippen LogP contribution < -0.4 is 5.73 Å². The average molecular weight is 182 g/mol. The summed E-state index contributed by atoms with van der Waals surface area (Å²) in [4.78, 5) is 0. The molecule has 0 amide bonds. The van der Waals surface area contributed by atoms with Gasteiger partial charge in [-0.3, -0.25) is 0 Å². The third-order valence-electron chi connectivity index (χ3n) is 2.28. The summed E-state index contributed by atoms with van der Waals surface area (Å²) < 4.78 is 5.57. The van der Waals surface area contributed by atoms with Gasteiger partial charge in [-0.15, -0.1) is 0 Å². The Morgan fingerprint density at radius 2 is 2.31 bits per heavy atom. The van der Waals surface area contributed by atoms with Gasteiger partial charge in [0.15, 0.2) is 0 Å². The highest BCUT2D eigenvalue weighted by Crippen LogP contribution is 2.29. The number of nitrogens with zero attached hydrogens (tertiary/aromatic N) is 1. The lowest BCUT2D eigenvalue weighted by Gasteiger charge is -2.20. The van der Waals surface area contributed by atoms with E-state index in [9.17, 15) is 0 Å². The summed E-state index contributed by atoms with van der Waals surface area (Å²) in [5.74, 6) is 0.772. The van der Waals surface area contributed by atoms with Gasteiger partial charge in [0, 0.05) is 13.0 Å². The van der Waals surface area contributed by atoms with Crippen LogP contribution in [0, 0.1) is 17.2 Å². The summed E-state index contributed by atoms with van der Waals surface area (Å²) in [6.45, 7) is 4.55. The van der Waals surface area contributed by atoms with Gasteiger partial charge in [0.1, 0.15) is 5.54 Å². The van der Waals surface area contributed by atoms with E-state index in [1.54, 1.807) is 6.92 Å². The zero-order chi connectivity index (χ0) is 9.90. The summed E-state index contributed by atoms with van der Waals surface area (Å²) >= 11 is 0. The van der Waals surface area contributed by atoms with Gasteiger partial charge >= 0.3 is 0 Å². The minimum absolute atomic E-state index is 0.0928. The fourth-order valence-electron chi connectivity index (χ4n) is 1.29. The Hall–Kier alpha value is -0.590. The second kappa shape index (κ2) is 4.08. The zero-order valence-corrected chi connectivity index (χ0v) is 8.42. The Kier molecular flexibility index (Phi) is 3.29. The molecule has 0 aromatic rings. The summed E-state index contributed by atoms with van der Waals surface area (Å²) in [6.07, 6.45) is 3.29. The minimum Gasteiger partial charge on any atom is -0.378 e. The van der Waals surface area contributed by atoms with Crippen LogP contribution in [-0.4, -0.2) is 18.2 Å². The van der Waals surface area contributed by atoms with Gasteiger partial charge in [-0.05, 0) is 32.6 Å². The molecule has 1 saturated carbocycles. The van der Waals surface area contributed by atoms with Crippen molar-refractivity contribution in [2.75, 3.05) is 6.61 Å². The van der Waals surface area contributed by atoms with Gasteiger partial charge in [0.2, 0.25) is 0 Å². The van der Waals surface area contributed by atoms with Gasteiger partial charge in [-0.1, -0.05) is 0 Å². The standard InChI is InChI=1S/C10H18N2O/c1-8(5-10(2,12)7-11)13-6-9-3-4-9/h8-9H,3-6,12H2,1-2H3. The number of nitriles is 1. The van der Waals surface area contributed by atoms with Gasteiger partial charge in [-0.25, -0.2) is 0 Å². The highest BCUT2D eigenvalue weighted by molar-refractivity contribution is 5.01. The number of ether oxygens (including phenoxy) is 1. The lowest BCUT2D eigenvalue weighted by molar-refractivity contribution is 0.0445. The van der Waals surface area contributed by atoms with E-state index in [1.165, 1.54) is 12.8 Å². The van der Waals surface area contributed by atoms with E-state index in [2.05, 4.69) is 6.07 Å². The number of rotatable bonds is 5. The summed E-state index contributed by atoms with van der Waals surface area (Å²) in [5, 5.41) is 8.70. The molecule has 2 N–H and O–H groups in total. The molecule has 0 saturated heterocycles. The first-order valence-electron chi connectivity index (χ1n) is 4.85. The van der Waals surface area contributed by atoms with Crippen LogP contribution in [0.3, 0.4) is 0 Å². The van der Waals surface area contributed by atoms with E-state index < -0.39 is 5.54 Å². The predicted molar refractivity (Wildman–Crippen MR) is 51.0 cm³/mol. The maximum absolute atomic E-state index is 8.70. The van der Waals surface area contributed by atoms with Gasteiger partial charge in [-0.2, -0.15) is 5.26 Å². The second-order valence-electron chi connectivity index (χ2n) is 4.32. The molecule has 0 bridgehead atoms. The fraction of sp³-hybridized carbons (Fsp3) is 0.900. The third-order valence-corrected chi connectivity index (χ3v) is 2.28. The summed E-state index contributed by atoms with van der Waals surface area (Å²) in [5.41, 5.74) is 4.95. The Labute approximate surface area is 79.9 Å². The van der Waals surface area contributed by atoms with Crippen LogP contribution in [0.2, 0.25) is 0 Å². The van der Waals surface area contributed by atoms with Crippen LogP contribution in [0.1, 0.15) is 33.1 Å². The van der Waals surface area contributed by atoms with Gasteiger partial charge in [0.05, 0.1) is 12.2 Å². The van der Waals surface area contributed by atoms with Crippen molar-refractivity contribution in [1.29, 1.82) is 5.26 Å².